The van der Waals surface area contributed by atoms with E-state index in [-0.39, 0.29) is 5.41 Å². The third kappa shape index (κ3) is 4.56. The molecule has 0 saturated heterocycles. The van der Waals surface area contributed by atoms with Gasteiger partial charge in [-0.15, -0.1) is 0 Å². The van der Waals surface area contributed by atoms with E-state index in [9.17, 15) is 0 Å². The lowest BCUT2D eigenvalue weighted by atomic mass is 9.77. The highest BCUT2D eigenvalue weighted by Crippen LogP contribution is 2.56. The van der Waals surface area contributed by atoms with Gasteiger partial charge in [-0.05, 0) is 78.7 Å². The molecular formula is C51H37N. The average molecular weight is 664 g/mol. The molecule has 0 aromatic heterocycles. The summed E-state index contributed by atoms with van der Waals surface area (Å²) in [6.45, 7) is 4.79. The third-order valence-corrected chi connectivity index (χ3v) is 11.2. The quantitative estimate of drug-likeness (QED) is 0.166. The van der Waals surface area contributed by atoms with Crippen molar-refractivity contribution in [3.8, 4) is 33.4 Å². The van der Waals surface area contributed by atoms with Crippen molar-refractivity contribution < 1.29 is 0 Å². The minimum absolute atomic E-state index is 0.191. The zero-order chi connectivity index (χ0) is 34.8. The van der Waals surface area contributed by atoms with Crippen LogP contribution in [0.2, 0.25) is 0 Å². The van der Waals surface area contributed by atoms with Crippen molar-refractivity contribution in [3.63, 3.8) is 0 Å². The maximum absolute atomic E-state index is 2.55. The van der Waals surface area contributed by atoms with Gasteiger partial charge >= 0.3 is 0 Å². The Hall–Kier alpha value is -6.44. The summed E-state index contributed by atoms with van der Waals surface area (Å²) in [7, 11) is 0. The normalized spacial score (nSPS) is 13.0. The van der Waals surface area contributed by atoms with Crippen LogP contribution >= 0.6 is 0 Å². The molecule has 0 unspecified atom stereocenters. The van der Waals surface area contributed by atoms with Gasteiger partial charge in [-0.25, -0.2) is 0 Å². The van der Waals surface area contributed by atoms with Gasteiger partial charge in [-0.1, -0.05) is 184 Å². The van der Waals surface area contributed by atoms with Crippen LogP contribution in [0.5, 0.6) is 0 Å². The fourth-order valence-electron chi connectivity index (χ4n) is 8.94. The first-order valence-corrected chi connectivity index (χ1v) is 18.2. The minimum atomic E-state index is -0.191. The fourth-order valence-corrected chi connectivity index (χ4v) is 8.94. The van der Waals surface area contributed by atoms with Crippen molar-refractivity contribution in [2.45, 2.75) is 19.3 Å². The molecule has 10 rings (SSSR count). The van der Waals surface area contributed by atoms with E-state index >= 15 is 0 Å². The Kier molecular flexibility index (Phi) is 6.91. The van der Waals surface area contributed by atoms with E-state index in [1.165, 1.54) is 76.8 Å². The first-order chi connectivity index (χ1) is 25.6. The highest BCUT2D eigenvalue weighted by Gasteiger charge is 2.38. The third-order valence-electron chi connectivity index (χ3n) is 11.2. The molecule has 0 aliphatic heterocycles. The molecule has 0 radical (unpaired) electrons. The summed E-state index contributed by atoms with van der Waals surface area (Å²) < 4.78 is 0. The maximum atomic E-state index is 2.55. The molecule has 0 spiro atoms. The molecule has 0 amide bonds. The summed E-state index contributed by atoms with van der Waals surface area (Å²) in [6, 6.07) is 69.3. The largest absolute Gasteiger partial charge is 0.309 e. The molecule has 9 aromatic rings. The van der Waals surface area contributed by atoms with E-state index in [1.54, 1.807) is 0 Å². The Morgan fingerprint density at radius 2 is 0.923 bits per heavy atom. The molecule has 0 heterocycles. The molecule has 52 heavy (non-hydrogen) atoms. The van der Waals surface area contributed by atoms with Crippen LogP contribution in [0, 0.1) is 0 Å². The highest BCUT2D eigenvalue weighted by atomic mass is 15.1. The number of anilines is 3. The van der Waals surface area contributed by atoms with Gasteiger partial charge in [0.25, 0.3) is 0 Å². The predicted octanol–water partition coefficient (Wildman–Crippen LogP) is 14.3. The first kappa shape index (κ1) is 30.4. The molecule has 1 aliphatic rings. The van der Waals surface area contributed by atoms with Crippen molar-refractivity contribution in [1.82, 2.24) is 0 Å². The second-order valence-electron chi connectivity index (χ2n) is 14.5. The maximum Gasteiger partial charge on any atom is 0.0546 e. The van der Waals surface area contributed by atoms with Gasteiger partial charge < -0.3 is 4.90 Å². The smallest absolute Gasteiger partial charge is 0.0546 e. The Morgan fingerprint density at radius 3 is 1.77 bits per heavy atom. The summed E-state index contributed by atoms with van der Waals surface area (Å²) in [5, 5.41) is 7.38. The van der Waals surface area contributed by atoms with Gasteiger partial charge in [0.1, 0.15) is 0 Å². The van der Waals surface area contributed by atoms with Crippen molar-refractivity contribution in [2.24, 2.45) is 0 Å². The molecular weight excluding hydrogens is 627 g/mol. The summed E-state index contributed by atoms with van der Waals surface area (Å²) >= 11 is 0. The van der Waals surface area contributed by atoms with Gasteiger partial charge in [0.05, 0.1) is 17.1 Å². The Balaban J connectivity index is 1.38. The lowest BCUT2D eigenvalue weighted by Crippen LogP contribution is -2.17. The van der Waals surface area contributed by atoms with E-state index < -0.39 is 0 Å². The van der Waals surface area contributed by atoms with Crippen LogP contribution in [0.1, 0.15) is 25.0 Å². The van der Waals surface area contributed by atoms with Gasteiger partial charge in [0.15, 0.2) is 0 Å². The molecule has 1 nitrogen and oxygen atoms in total. The monoisotopic (exact) mass is 663 g/mol. The Labute approximate surface area is 305 Å². The second kappa shape index (κ2) is 11.8. The predicted molar refractivity (Wildman–Crippen MR) is 222 cm³/mol. The van der Waals surface area contributed by atoms with Gasteiger partial charge in [-0.2, -0.15) is 0 Å². The fraction of sp³-hybridized carbons (Fsp3) is 0.0588. The molecule has 0 N–H and O–H groups in total. The van der Waals surface area contributed by atoms with E-state index in [4.69, 9.17) is 0 Å². The van der Waals surface area contributed by atoms with Crippen LogP contribution in [-0.2, 0) is 5.41 Å². The standard InChI is InChI=1S/C51H37N/c1-51(2)45-30-13-12-25-41(45)43-28-15-29-44(50(43)51)49-39(35-17-4-3-5-18-35)27-16-32-47(49)52(46-31-14-21-34-19-6-9-23-38(34)46)48-33-36-20-7-8-22-37(36)40-24-10-11-26-42(40)48/h3-33H,1-2H3. The number of nitrogens with zero attached hydrogens (tertiary/aromatic N) is 1. The molecule has 1 heteroatoms. The Bertz CT molecular complexity index is 2820. The highest BCUT2D eigenvalue weighted by molar-refractivity contribution is 6.16. The average Bonchev–Trinajstić information content (AvgIpc) is 3.44. The van der Waals surface area contributed by atoms with Crippen LogP contribution in [0.15, 0.2) is 188 Å². The van der Waals surface area contributed by atoms with Gasteiger partial charge in [0.2, 0.25) is 0 Å². The van der Waals surface area contributed by atoms with Crippen LogP contribution in [0.4, 0.5) is 17.1 Å². The number of hydrogen-bond donors (Lipinski definition) is 0. The van der Waals surface area contributed by atoms with Crippen LogP contribution in [0.25, 0.3) is 65.7 Å². The first-order valence-electron chi connectivity index (χ1n) is 18.2. The lowest BCUT2D eigenvalue weighted by Gasteiger charge is -2.33. The zero-order valence-electron chi connectivity index (χ0n) is 29.3. The number of benzene rings is 9. The molecule has 0 atom stereocenters. The van der Waals surface area contributed by atoms with Crippen LogP contribution in [-0.4, -0.2) is 0 Å². The summed E-state index contributed by atoms with van der Waals surface area (Å²) in [5.74, 6) is 0. The minimum Gasteiger partial charge on any atom is -0.309 e. The SMILES string of the molecule is CC1(C)c2ccccc2-c2cccc(-c3c(-c4ccccc4)cccc3N(c3cccc4ccccc34)c3cc4ccccc4c4ccccc34)c21. The van der Waals surface area contributed by atoms with Crippen molar-refractivity contribution in [1.29, 1.82) is 0 Å². The molecule has 9 aromatic carbocycles. The lowest BCUT2D eigenvalue weighted by molar-refractivity contribution is 0.662. The van der Waals surface area contributed by atoms with Crippen LogP contribution in [0.3, 0.4) is 0 Å². The summed E-state index contributed by atoms with van der Waals surface area (Å²) in [6.07, 6.45) is 0. The van der Waals surface area contributed by atoms with Crippen LogP contribution < -0.4 is 4.90 Å². The molecule has 1 aliphatic carbocycles. The van der Waals surface area contributed by atoms with Crippen molar-refractivity contribution >= 4 is 49.4 Å². The second-order valence-corrected chi connectivity index (χ2v) is 14.5. The number of hydrogen-bond acceptors (Lipinski definition) is 1. The topological polar surface area (TPSA) is 3.24 Å². The zero-order valence-corrected chi connectivity index (χ0v) is 29.3. The Morgan fingerprint density at radius 1 is 0.365 bits per heavy atom. The van der Waals surface area contributed by atoms with Gasteiger partial charge in [-0.3, -0.25) is 0 Å². The van der Waals surface area contributed by atoms with E-state index in [1.807, 2.05) is 0 Å². The van der Waals surface area contributed by atoms with E-state index in [2.05, 4.69) is 207 Å². The molecule has 0 saturated carbocycles. The molecule has 0 bridgehead atoms. The van der Waals surface area contributed by atoms with E-state index in [0.29, 0.717) is 0 Å². The number of rotatable bonds is 5. The van der Waals surface area contributed by atoms with Crippen molar-refractivity contribution in [3.05, 3.63) is 199 Å². The van der Waals surface area contributed by atoms with E-state index in [0.717, 1.165) is 17.1 Å². The number of fused-ring (bicyclic) bond motifs is 7. The molecule has 246 valence electrons. The van der Waals surface area contributed by atoms with Crippen molar-refractivity contribution in [2.75, 3.05) is 4.90 Å². The van der Waals surface area contributed by atoms with Gasteiger partial charge in [0, 0.05) is 21.8 Å². The molecule has 0 fully saturated rings. The summed E-state index contributed by atoms with van der Waals surface area (Å²) in [4.78, 5) is 2.55. The summed E-state index contributed by atoms with van der Waals surface area (Å²) in [5.41, 5.74) is 13.6.